The van der Waals surface area contributed by atoms with Crippen LogP contribution in [0.4, 0.5) is 4.39 Å². The van der Waals surface area contributed by atoms with Gasteiger partial charge in [-0.3, -0.25) is 4.79 Å². The Hall–Kier alpha value is -2.35. The molecule has 1 unspecified atom stereocenters. The fourth-order valence-electron chi connectivity index (χ4n) is 5.37. The monoisotopic (exact) mass is 569 g/mol. The van der Waals surface area contributed by atoms with Crippen molar-refractivity contribution in [2.24, 2.45) is 17.1 Å². The molecule has 198 valence electrons. The molecule has 1 aliphatic heterocycles. The third kappa shape index (κ3) is 6.75. The molecule has 0 amide bonds. The molecule has 0 saturated carbocycles. The zero-order valence-corrected chi connectivity index (χ0v) is 23.5. The van der Waals surface area contributed by atoms with Crippen LogP contribution in [0.5, 0.6) is 0 Å². The maximum atomic E-state index is 14.9. The minimum Gasteiger partial charge on any atom is -0.370 e. The average Bonchev–Trinajstić information content (AvgIpc) is 3.54. The molecule has 2 N–H and O–H groups in total. The number of nitrogens with zero attached hydrogens (tertiary/aromatic N) is 2. The van der Waals surface area contributed by atoms with E-state index in [0.29, 0.717) is 19.6 Å². The van der Waals surface area contributed by atoms with Crippen LogP contribution in [0.1, 0.15) is 57.3 Å². The van der Waals surface area contributed by atoms with Gasteiger partial charge in [0.05, 0.1) is 5.69 Å². The number of alkyl halides is 1. The summed E-state index contributed by atoms with van der Waals surface area (Å²) < 4.78 is 23.8. The molecule has 4 rings (SSSR count). The second-order valence-electron chi connectivity index (χ2n) is 11.0. The highest BCUT2D eigenvalue weighted by atomic mass is 79.9. The summed E-state index contributed by atoms with van der Waals surface area (Å²) in [5.41, 5.74) is 8.25. The lowest BCUT2D eigenvalue weighted by Crippen LogP contribution is -2.40. The van der Waals surface area contributed by atoms with E-state index in [1.54, 1.807) is 0 Å². The smallest absolute Gasteiger partial charge is 0.165 e. The quantitative estimate of drug-likeness (QED) is 0.301. The second kappa shape index (κ2) is 12.0. The highest BCUT2D eigenvalue weighted by molar-refractivity contribution is 9.10. The van der Waals surface area contributed by atoms with Crippen molar-refractivity contribution in [3.8, 4) is 11.3 Å². The molecule has 1 fully saturated rings. The first kappa shape index (κ1) is 27.7. The van der Waals surface area contributed by atoms with Crippen LogP contribution in [0.2, 0.25) is 0 Å². The second-order valence-corrected chi connectivity index (χ2v) is 11.9. The molecule has 0 bridgehead atoms. The zero-order chi connectivity index (χ0) is 26.6. The number of imidazole rings is 1. The van der Waals surface area contributed by atoms with Crippen molar-refractivity contribution in [3.63, 3.8) is 0 Å². The number of halogens is 2. The molecule has 1 saturated heterocycles. The number of carbonyl (C=O) groups excluding carboxylic acids is 1. The van der Waals surface area contributed by atoms with Gasteiger partial charge >= 0.3 is 0 Å². The first-order chi connectivity index (χ1) is 17.7. The van der Waals surface area contributed by atoms with Gasteiger partial charge in [-0.2, -0.15) is 0 Å². The van der Waals surface area contributed by atoms with Gasteiger partial charge in [0.2, 0.25) is 0 Å². The van der Waals surface area contributed by atoms with E-state index in [1.165, 1.54) is 0 Å². The maximum absolute atomic E-state index is 14.9. The first-order valence-electron chi connectivity index (χ1n) is 13.0. The van der Waals surface area contributed by atoms with Crippen molar-refractivity contribution >= 4 is 21.7 Å². The van der Waals surface area contributed by atoms with Crippen LogP contribution in [0.15, 0.2) is 65.3 Å². The van der Waals surface area contributed by atoms with E-state index in [4.69, 9.17) is 15.5 Å². The van der Waals surface area contributed by atoms with E-state index in [0.717, 1.165) is 33.5 Å². The molecule has 0 radical (unpaired) electrons. The Balaban J connectivity index is 1.85. The molecule has 2 heterocycles. The largest absolute Gasteiger partial charge is 0.370 e. The number of aromatic nitrogens is 2. The predicted octanol–water partition coefficient (Wildman–Crippen LogP) is 6.54. The number of hydrogen-bond acceptors (Lipinski definition) is 4. The molecule has 5 nitrogen and oxygen atoms in total. The van der Waals surface area contributed by atoms with Gasteiger partial charge in [0.15, 0.2) is 5.78 Å². The summed E-state index contributed by atoms with van der Waals surface area (Å²) in [5.74, 6) is -0.189. The van der Waals surface area contributed by atoms with Gasteiger partial charge in [0, 0.05) is 47.8 Å². The average molecular weight is 571 g/mol. The summed E-state index contributed by atoms with van der Waals surface area (Å²) >= 11 is 3.57. The summed E-state index contributed by atoms with van der Waals surface area (Å²) in [6.07, 6.45) is 1.85. The van der Waals surface area contributed by atoms with Crippen LogP contribution in [0.3, 0.4) is 0 Å². The number of benzene rings is 2. The van der Waals surface area contributed by atoms with Gasteiger partial charge in [-0.05, 0) is 42.4 Å². The van der Waals surface area contributed by atoms with E-state index in [9.17, 15) is 9.18 Å². The van der Waals surface area contributed by atoms with Gasteiger partial charge in [0.25, 0.3) is 0 Å². The van der Waals surface area contributed by atoms with Crippen molar-refractivity contribution in [1.29, 1.82) is 0 Å². The lowest BCUT2D eigenvalue weighted by atomic mass is 9.68. The van der Waals surface area contributed by atoms with Crippen LogP contribution < -0.4 is 5.73 Å². The van der Waals surface area contributed by atoms with Crippen molar-refractivity contribution in [1.82, 2.24) is 9.55 Å². The van der Waals surface area contributed by atoms with Crippen molar-refractivity contribution in [2.75, 3.05) is 13.2 Å². The maximum Gasteiger partial charge on any atom is 0.165 e. The van der Waals surface area contributed by atoms with Crippen LogP contribution in [0.25, 0.3) is 11.3 Å². The third-order valence-electron chi connectivity index (χ3n) is 7.11. The molecule has 2 aromatic carbocycles. The number of hydrogen-bond donors (Lipinski definition) is 1. The lowest BCUT2D eigenvalue weighted by molar-refractivity contribution is -0.134. The van der Waals surface area contributed by atoms with Gasteiger partial charge in [-0.1, -0.05) is 79.2 Å². The Labute approximate surface area is 227 Å². The van der Waals surface area contributed by atoms with Crippen molar-refractivity contribution in [3.05, 3.63) is 76.7 Å². The lowest BCUT2D eigenvalue weighted by Gasteiger charge is -2.37. The summed E-state index contributed by atoms with van der Waals surface area (Å²) in [5, 5.41) is 0. The minimum absolute atomic E-state index is 0.0354. The number of ether oxygens (including phenoxy) is 1. The topological polar surface area (TPSA) is 70.1 Å². The minimum atomic E-state index is -1.28. The Kier molecular flexibility index (Phi) is 8.98. The van der Waals surface area contributed by atoms with Crippen LogP contribution in [0, 0.1) is 11.3 Å². The van der Waals surface area contributed by atoms with Crippen molar-refractivity contribution < 1.29 is 13.9 Å². The van der Waals surface area contributed by atoms with Gasteiger partial charge in [-0.15, -0.1) is 0 Å². The normalized spacial score (nSPS) is 18.5. The molecule has 1 aromatic heterocycles. The first-order valence-corrected chi connectivity index (χ1v) is 13.8. The Morgan fingerprint density at radius 3 is 2.59 bits per heavy atom. The molecule has 7 heteroatoms. The highest BCUT2D eigenvalue weighted by Crippen LogP contribution is 2.45. The number of ketones is 1. The molecule has 4 atom stereocenters. The Bertz CT molecular complexity index is 1190. The molecular weight excluding hydrogens is 533 g/mol. The molecule has 37 heavy (non-hydrogen) atoms. The van der Waals surface area contributed by atoms with Crippen LogP contribution in [-0.2, 0) is 16.1 Å². The van der Waals surface area contributed by atoms with Gasteiger partial charge < -0.3 is 15.0 Å². The van der Waals surface area contributed by atoms with Crippen LogP contribution >= 0.6 is 15.9 Å². The molecule has 3 aromatic rings. The highest BCUT2D eigenvalue weighted by Gasteiger charge is 2.44. The number of carbonyl (C=O) groups is 1. The summed E-state index contributed by atoms with van der Waals surface area (Å²) in [7, 11) is 0. The van der Waals surface area contributed by atoms with Gasteiger partial charge in [0.1, 0.15) is 18.1 Å². The molecule has 1 aliphatic rings. The summed E-state index contributed by atoms with van der Waals surface area (Å²) in [4.78, 5) is 19.0. The number of Topliss-reactive ketones (excluding diaryl/α,β-unsaturated/α-hetero) is 1. The standard InChI is InChI=1S/C30H37BrFN3O2/c1-30(2,3)27(24(16-23(32)17-33)28(36)26-13-8-14-37-26)29-34-25(21-11-7-12-22(31)15-21)19-35(29)18-20-9-5-4-6-10-20/h4-7,9-12,15,19,23-24,26-27H,8,13-14,16-18,33H2,1-3H3/t23-,24+,26-,27?/m0/s1. The van der Waals surface area contributed by atoms with Crippen molar-refractivity contribution in [2.45, 2.75) is 64.8 Å². The van der Waals surface area contributed by atoms with Gasteiger partial charge in [-0.25, -0.2) is 9.37 Å². The predicted molar refractivity (Wildman–Crippen MR) is 149 cm³/mol. The zero-order valence-electron chi connectivity index (χ0n) is 21.9. The number of nitrogens with two attached hydrogens (primary N) is 1. The van der Waals surface area contributed by atoms with E-state index < -0.39 is 18.2 Å². The number of rotatable bonds is 10. The SMILES string of the molecule is CC(C)(C)C(c1nc(-c2cccc(Br)c2)cn1Cc1ccccc1)[C@@H](C[C@H](F)CN)C(=O)[C@@H]1CCCO1. The third-order valence-corrected chi connectivity index (χ3v) is 7.61. The van der Waals surface area contributed by atoms with E-state index in [2.05, 4.69) is 53.4 Å². The van der Waals surface area contributed by atoms with E-state index >= 15 is 0 Å². The fraction of sp³-hybridized carbons (Fsp3) is 0.467. The fourth-order valence-corrected chi connectivity index (χ4v) is 5.77. The van der Waals surface area contributed by atoms with E-state index in [-0.39, 0.29) is 30.1 Å². The van der Waals surface area contributed by atoms with Crippen LogP contribution in [-0.4, -0.2) is 40.8 Å². The molecule has 0 aliphatic carbocycles. The van der Waals surface area contributed by atoms with E-state index in [1.807, 2.05) is 48.7 Å². The molecular formula is C30H37BrFN3O2. The summed E-state index contributed by atoms with van der Waals surface area (Å²) in [6.45, 7) is 7.35. The Morgan fingerprint density at radius 1 is 1.22 bits per heavy atom. The summed E-state index contributed by atoms with van der Waals surface area (Å²) in [6, 6.07) is 18.2. The molecule has 0 spiro atoms. The Morgan fingerprint density at radius 2 is 1.97 bits per heavy atom.